The van der Waals surface area contributed by atoms with Gasteiger partial charge in [-0.2, -0.15) is 0 Å². The topological polar surface area (TPSA) is 92.6 Å². The molecule has 1 aliphatic carbocycles. The number of rotatable bonds is 6. The third kappa shape index (κ3) is 4.62. The highest BCUT2D eigenvalue weighted by molar-refractivity contribution is 6.31. The van der Waals surface area contributed by atoms with Gasteiger partial charge >= 0.3 is 0 Å². The normalized spacial score (nSPS) is 13.1. The Labute approximate surface area is 161 Å². The summed E-state index contributed by atoms with van der Waals surface area (Å²) in [5.41, 5.74) is 1.03. The fourth-order valence-electron chi connectivity index (χ4n) is 2.65. The number of nitro groups is 1. The van der Waals surface area contributed by atoms with Gasteiger partial charge in [-0.05, 0) is 42.7 Å². The van der Waals surface area contributed by atoms with E-state index >= 15 is 0 Å². The summed E-state index contributed by atoms with van der Waals surface area (Å²) in [4.78, 5) is 36.5. The third-order valence-corrected chi connectivity index (χ3v) is 4.52. The van der Waals surface area contributed by atoms with Crippen molar-refractivity contribution in [3.05, 3.63) is 74.3 Å². The second-order valence-corrected chi connectivity index (χ2v) is 6.96. The maximum absolute atomic E-state index is 12.6. The minimum atomic E-state index is -0.625. The minimum Gasteiger partial charge on any atom is -0.349 e. The molecule has 1 saturated carbocycles. The Morgan fingerprint density at radius 2 is 1.89 bits per heavy atom. The molecule has 0 unspecified atom stereocenters. The van der Waals surface area contributed by atoms with Gasteiger partial charge in [-0.1, -0.05) is 23.7 Å². The minimum absolute atomic E-state index is 0.0210. The number of nitrogens with zero attached hydrogens (tertiary/aromatic N) is 2. The second kappa shape index (κ2) is 7.75. The number of carbonyl (C=O) groups is 2. The number of benzene rings is 2. The van der Waals surface area contributed by atoms with E-state index in [1.165, 1.54) is 17.0 Å². The lowest BCUT2D eigenvalue weighted by Gasteiger charge is -2.17. The SMILES string of the molecule is CN(Cc1ccc(C(=O)NC2CC2)cc1)C(=O)c1ccc(Cl)cc1[N+](=O)[O-]. The molecule has 1 fully saturated rings. The monoisotopic (exact) mass is 387 g/mol. The van der Waals surface area contributed by atoms with Gasteiger partial charge in [0.1, 0.15) is 5.56 Å². The molecule has 1 aliphatic rings. The Kier molecular flexibility index (Phi) is 5.41. The summed E-state index contributed by atoms with van der Waals surface area (Å²) >= 11 is 5.79. The van der Waals surface area contributed by atoms with Crippen LogP contribution in [0.3, 0.4) is 0 Å². The molecule has 0 aromatic heterocycles. The fraction of sp³-hybridized carbons (Fsp3) is 0.263. The molecule has 27 heavy (non-hydrogen) atoms. The van der Waals surface area contributed by atoms with E-state index in [0.717, 1.165) is 24.5 Å². The molecule has 1 N–H and O–H groups in total. The molecule has 3 rings (SSSR count). The van der Waals surface area contributed by atoms with Gasteiger partial charge in [0.2, 0.25) is 0 Å². The average molecular weight is 388 g/mol. The summed E-state index contributed by atoms with van der Waals surface area (Å²) in [6.07, 6.45) is 2.04. The summed E-state index contributed by atoms with van der Waals surface area (Å²) in [6.45, 7) is 0.253. The molecule has 0 spiro atoms. The van der Waals surface area contributed by atoms with Gasteiger partial charge in [0.25, 0.3) is 17.5 Å². The van der Waals surface area contributed by atoms with Crippen molar-refractivity contribution in [1.82, 2.24) is 10.2 Å². The van der Waals surface area contributed by atoms with E-state index in [0.29, 0.717) is 5.56 Å². The van der Waals surface area contributed by atoms with Crippen LogP contribution in [0.1, 0.15) is 39.1 Å². The lowest BCUT2D eigenvalue weighted by Crippen LogP contribution is -2.27. The van der Waals surface area contributed by atoms with Crippen molar-refractivity contribution in [2.75, 3.05) is 7.05 Å². The molecule has 0 radical (unpaired) electrons. The van der Waals surface area contributed by atoms with Gasteiger partial charge in [-0.15, -0.1) is 0 Å². The highest BCUT2D eigenvalue weighted by Gasteiger charge is 2.24. The van der Waals surface area contributed by atoms with E-state index in [1.807, 2.05) is 0 Å². The van der Waals surface area contributed by atoms with Crippen molar-refractivity contribution in [3.63, 3.8) is 0 Å². The predicted molar refractivity (Wildman–Crippen MR) is 101 cm³/mol. The van der Waals surface area contributed by atoms with E-state index in [2.05, 4.69) is 5.32 Å². The molecule has 0 atom stereocenters. The van der Waals surface area contributed by atoms with Crippen LogP contribution in [-0.4, -0.2) is 34.7 Å². The molecule has 2 aromatic rings. The van der Waals surface area contributed by atoms with Gasteiger partial charge < -0.3 is 10.2 Å². The first-order valence-corrected chi connectivity index (χ1v) is 8.82. The van der Waals surface area contributed by atoms with E-state index in [-0.39, 0.29) is 34.8 Å². The van der Waals surface area contributed by atoms with Crippen LogP contribution in [0.4, 0.5) is 5.69 Å². The van der Waals surface area contributed by atoms with E-state index in [9.17, 15) is 19.7 Å². The summed E-state index contributed by atoms with van der Waals surface area (Å²) in [5.74, 6) is -0.584. The summed E-state index contributed by atoms with van der Waals surface area (Å²) < 4.78 is 0. The summed E-state index contributed by atoms with van der Waals surface area (Å²) in [6, 6.07) is 11.2. The highest BCUT2D eigenvalue weighted by Crippen LogP contribution is 2.25. The van der Waals surface area contributed by atoms with E-state index in [4.69, 9.17) is 11.6 Å². The van der Waals surface area contributed by atoms with Crippen molar-refractivity contribution in [3.8, 4) is 0 Å². The zero-order valence-electron chi connectivity index (χ0n) is 14.6. The maximum atomic E-state index is 12.6. The quantitative estimate of drug-likeness (QED) is 0.607. The first-order chi connectivity index (χ1) is 12.8. The second-order valence-electron chi connectivity index (χ2n) is 6.52. The van der Waals surface area contributed by atoms with Crippen LogP contribution in [-0.2, 0) is 6.54 Å². The van der Waals surface area contributed by atoms with Crippen LogP contribution in [0, 0.1) is 10.1 Å². The summed E-state index contributed by atoms with van der Waals surface area (Å²) in [5, 5.41) is 14.3. The van der Waals surface area contributed by atoms with Crippen molar-refractivity contribution in [2.45, 2.75) is 25.4 Å². The molecule has 0 heterocycles. The smallest absolute Gasteiger partial charge is 0.283 e. The first-order valence-electron chi connectivity index (χ1n) is 8.44. The number of carbonyl (C=O) groups excluding carboxylic acids is 2. The van der Waals surface area contributed by atoms with Gasteiger partial charge in [-0.3, -0.25) is 19.7 Å². The largest absolute Gasteiger partial charge is 0.349 e. The lowest BCUT2D eigenvalue weighted by atomic mass is 10.1. The van der Waals surface area contributed by atoms with Gasteiger partial charge in [0.15, 0.2) is 0 Å². The van der Waals surface area contributed by atoms with Crippen molar-refractivity contribution >= 4 is 29.1 Å². The van der Waals surface area contributed by atoms with Crippen molar-refractivity contribution in [2.24, 2.45) is 0 Å². The third-order valence-electron chi connectivity index (χ3n) is 4.28. The molecular formula is C19H18ClN3O4. The first kappa shape index (κ1) is 18.8. The summed E-state index contributed by atoms with van der Waals surface area (Å²) in [7, 11) is 1.56. The Hall–Kier alpha value is -2.93. The van der Waals surface area contributed by atoms with Gasteiger partial charge in [0, 0.05) is 36.3 Å². The highest BCUT2D eigenvalue weighted by atomic mass is 35.5. The van der Waals surface area contributed by atoms with E-state index in [1.54, 1.807) is 31.3 Å². The number of hydrogen-bond acceptors (Lipinski definition) is 4. The number of nitro benzene ring substituents is 1. The molecular weight excluding hydrogens is 370 g/mol. The molecule has 140 valence electrons. The molecule has 0 bridgehead atoms. The Bertz CT molecular complexity index is 894. The van der Waals surface area contributed by atoms with Gasteiger partial charge in [0.05, 0.1) is 4.92 Å². The Morgan fingerprint density at radius 3 is 2.48 bits per heavy atom. The number of amides is 2. The predicted octanol–water partition coefficient (Wildman–Crippen LogP) is 3.41. The van der Waals surface area contributed by atoms with Crippen molar-refractivity contribution < 1.29 is 14.5 Å². The number of halogens is 1. The molecule has 2 aromatic carbocycles. The average Bonchev–Trinajstić information content (AvgIpc) is 3.45. The standard InChI is InChI=1S/C19H18ClN3O4/c1-22(19(25)16-9-6-14(20)10-17(16)23(26)27)11-12-2-4-13(5-3-12)18(24)21-15-7-8-15/h2-6,9-10,15H,7-8,11H2,1H3,(H,21,24). The van der Waals surface area contributed by atoms with Crippen LogP contribution in [0.25, 0.3) is 0 Å². The number of nitrogens with one attached hydrogen (secondary N) is 1. The number of hydrogen-bond donors (Lipinski definition) is 1. The zero-order chi connectivity index (χ0) is 19.6. The fourth-order valence-corrected chi connectivity index (χ4v) is 2.81. The lowest BCUT2D eigenvalue weighted by molar-refractivity contribution is -0.385. The molecule has 2 amide bonds. The Balaban J connectivity index is 1.69. The van der Waals surface area contributed by atoms with Gasteiger partial charge in [-0.25, -0.2) is 0 Å². The molecule has 7 nitrogen and oxygen atoms in total. The van der Waals surface area contributed by atoms with Crippen LogP contribution in [0.5, 0.6) is 0 Å². The van der Waals surface area contributed by atoms with E-state index < -0.39 is 10.8 Å². The van der Waals surface area contributed by atoms with Crippen LogP contribution in [0.15, 0.2) is 42.5 Å². The zero-order valence-corrected chi connectivity index (χ0v) is 15.4. The molecule has 0 saturated heterocycles. The Morgan fingerprint density at radius 1 is 1.22 bits per heavy atom. The molecule has 8 heteroatoms. The maximum Gasteiger partial charge on any atom is 0.283 e. The van der Waals surface area contributed by atoms with Crippen molar-refractivity contribution in [1.29, 1.82) is 0 Å². The molecule has 0 aliphatic heterocycles. The van der Waals surface area contributed by atoms with Crippen LogP contribution in [0.2, 0.25) is 5.02 Å². The van der Waals surface area contributed by atoms with Crippen LogP contribution < -0.4 is 5.32 Å². The van der Waals surface area contributed by atoms with Crippen LogP contribution >= 0.6 is 11.6 Å².